The van der Waals surface area contributed by atoms with E-state index in [1.165, 1.54) is 20.8 Å². The summed E-state index contributed by atoms with van der Waals surface area (Å²) in [7, 11) is 0. The molecular formula is C19H32N2O5. The lowest BCUT2D eigenvalue weighted by molar-refractivity contribution is -0.152. The molecule has 148 valence electrons. The summed E-state index contributed by atoms with van der Waals surface area (Å²) in [6, 6.07) is -5.22. The second-order valence-corrected chi connectivity index (χ2v) is 7.66. The Kier molecular flexibility index (Phi) is 1.90. The van der Waals surface area contributed by atoms with Gasteiger partial charge in [-0.05, 0) is 37.5 Å². The number of carboxylic acid groups (broad SMARTS) is 1. The number of carbonyl (C=O) groups excluding carboxylic acids is 2. The molecule has 7 heteroatoms. The van der Waals surface area contributed by atoms with Crippen molar-refractivity contribution in [1.29, 1.82) is 0 Å². The zero-order chi connectivity index (χ0) is 32.7. The van der Waals surface area contributed by atoms with E-state index in [0.29, 0.717) is 4.90 Å². The van der Waals surface area contributed by atoms with Gasteiger partial charge in [-0.2, -0.15) is 0 Å². The Morgan fingerprint density at radius 3 is 2.35 bits per heavy atom. The van der Waals surface area contributed by atoms with Gasteiger partial charge in [0.1, 0.15) is 17.7 Å². The summed E-state index contributed by atoms with van der Waals surface area (Å²) in [5.74, 6) is -6.89. The number of amides is 2. The number of carboxylic acids is 1. The van der Waals surface area contributed by atoms with Gasteiger partial charge in [0.15, 0.2) is 0 Å². The summed E-state index contributed by atoms with van der Waals surface area (Å²) in [6.45, 7) is -15.4. The zero-order valence-corrected chi connectivity index (χ0v) is 14.5. The van der Waals surface area contributed by atoms with E-state index in [9.17, 15) is 19.5 Å². The molecular weight excluding hydrogens is 336 g/mol. The van der Waals surface area contributed by atoms with Crippen molar-refractivity contribution in [3.8, 4) is 0 Å². The van der Waals surface area contributed by atoms with Crippen LogP contribution in [-0.2, 0) is 14.3 Å². The van der Waals surface area contributed by atoms with Crippen molar-refractivity contribution < 1.29 is 44.8 Å². The van der Waals surface area contributed by atoms with Crippen LogP contribution in [-0.4, -0.2) is 52.2 Å². The quantitative estimate of drug-likeness (QED) is 0.780. The second-order valence-electron chi connectivity index (χ2n) is 7.66. The van der Waals surface area contributed by atoms with Crippen molar-refractivity contribution in [2.75, 3.05) is 6.54 Å². The van der Waals surface area contributed by atoms with Crippen molar-refractivity contribution in [1.82, 2.24) is 10.2 Å². The largest absolute Gasteiger partial charge is 0.480 e. The summed E-state index contributed by atoms with van der Waals surface area (Å²) < 4.78 is 124. The number of carbonyl (C=O) groups is 3. The van der Waals surface area contributed by atoms with Gasteiger partial charge in [0.05, 0.1) is 0 Å². The van der Waals surface area contributed by atoms with Crippen LogP contribution < -0.4 is 5.32 Å². The van der Waals surface area contributed by atoms with Crippen LogP contribution in [0, 0.1) is 22.7 Å². The average molecular weight is 384 g/mol. The Morgan fingerprint density at radius 1 is 1.27 bits per heavy atom. The highest BCUT2D eigenvalue weighted by Gasteiger charge is 2.70. The first-order valence-electron chi connectivity index (χ1n) is 15.3. The first-order valence-corrected chi connectivity index (χ1v) is 7.85. The van der Waals surface area contributed by atoms with Crippen molar-refractivity contribution in [2.45, 2.75) is 72.7 Å². The number of nitrogens with one attached hydrogen (secondary N) is 1. The molecule has 0 bridgehead atoms. The van der Waals surface area contributed by atoms with Gasteiger partial charge < -0.3 is 20.1 Å². The standard InChI is InChI=1S/C19H32N2O5/c1-17(2,3)13(20-16(25)26-18(4,5)6)14(22)21-9-10-11(19(10,7)8)12(21)15(23)24/h10-13H,9H2,1-8H3,(H,20,25)(H,23,24)/t10-,11-,12-,13+/m0/s1/i1D3,2D3,3D3,7D3,8D3. The van der Waals surface area contributed by atoms with E-state index >= 15 is 0 Å². The second kappa shape index (κ2) is 6.13. The van der Waals surface area contributed by atoms with Gasteiger partial charge in [-0.25, -0.2) is 9.59 Å². The maximum absolute atomic E-state index is 14.0. The summed E-state index contributed by atoms with van der Waals surface area (Å²) in [6.07, 6.45) is -1.60. The Morgan fingerprint density at radius 2 is 1.88 bits per heavy atom. The van der Waals surface area contributed by atoms with Gasteiger partial charge in [0, 0.05) is 33.0 Å². The van der Waals surface area contributed by atoms with Gasteiger partial charge in [0.25, 0.3) is 0 Å². The fourth-order valence-corrected chi connectivity index (χ4v) is 3.20. The van der Waals surface area contributed by atoms with Crippen molar-refractivity contribution >= 4 is 18.0 Å². The number of fused-ring (bicyclic) bond motifs is 1. The Bertz CT molecular complexity index is 1020. The molecule has 26 heavy (non-hydrogen) atoms. The Balaban J connectivity index is 2.81. The van der Waals surface area contributed by atoms with Gasteiger partial charge in [-0.15, -0.1) is 0 Å². The summed E-state index contributed by atoms with van der Waals surface area (Å²) in [4.78, 5) is 39.4. The van der Waals surface area contributed by atoms with E-state index < -0.39 is 99.1 Å². The normalized spacial score (nSPS) is 39.1. The number of hydrogen-bond acceptors (Lipinski definition) is 4. The molecule has 2 rings (SSSR count). The number of rotatable bonds is 3. The molecule has 1 saturated heterocycles. The summed E-state index contributed by atoms with van der Waals surface area (Å²) >= 11 is 0. The molecule has 2 N–H and O–H groups in total. The number of ether oxygens (including phenoxy) is 1. The van der Waals surface area contributed by atoms with Crippen molar-refractivity contribution in [3.63, 3.8) is 0 Å². The van der Waals surface area contributed by atoms with Gasteiger partial charge in [0.2, 0.25) is 5.91 Å². The summed E-state index contributed by atoms with van der Waals surface area (Å²) in [5.41, 5.74) is -7.90. The maximum Gasteiger partial charge on any atom is 0.408 e. The molecule has 4 atom stereocenters. The van der Waals surface area contributed by atoms with Crippen LogP contribution in [0.2, 0.25) is 0 Å². The molecule has 1 aliphatic carbocycles. The molecule has 0 aromatic rings. The third kappa shape index (κ3) is 3.81. The molecule has 0 unspecified atom stereocenters. The third-order valence-electron chi connectivity index (χ3n) is 4.38. The predicted octanol–water partition coefficient (Wildman–Crippen LogP) is 2.49. The fourth-order valence-electron chi connectivity index (χ4n) is 3.20. The first kappa shape index (κ1) is 8.07. The number of nitrogens with zero attached hydrogens (tertiary/aromatic N) is 1. The lowest BCUT2D eigenvalue weighted by Gasteiger charge is -2.37. The number of hydrogen-bond donors (Lipinski definition) is 2. The third-order valence-corrected chi connectivity index (χ3v) is 4.38. The fraction of sp³-hybridized carbons (Fsp3) is 0.842. The molecule has 0 spiro atoms. The zero-order valence-electron chi connectivity index (χ0n) is 29.5. The van der Waals surface area contributed by atoms with Gasteiger partial charge in [-0.1, -0.05) is 34.3 Å². The number of piperidine rings is 1. The van der Waals surface area contributed by atoms with E-state index in [1.807, 2.05) is 0 Å². The van der Waals surface area contributed by atoms with E-state index in [1.54, 1.807) is 5.32 Å². The van der Waals surface area contributed by atoms with Crippen LogP contribution in [0.3, 0.4) is 0 Å². The Labute approximate surface area is 176 Å². The minimum atomic E-state index is -4.03. The minimum Gasteiger partial charge on any atom is -0.480 e. The van der Waals surface area contributed by atoms with Crippen molar-refractivity contribution in [3.05, 3.63) is 0 Å². The molecule has 0 aromatic heterocycles. The maximum atomic E-state index is 14.0. The van der Waals surface area contributed by atoms with E-state index in [4.69, 9.17) is 25.3 Å². The SMILES string of the molecule is [2H]C([2H])([2H])C1(C([2H])([2H])[2H])[C@@H]2[C@@H](C(=O)O)N(C(=O)[C@@H](NC(=O)OC(C)(C)C)C(C([2H])([2H])[2H])(C([2H])([2H])[2H])C([2H])([2H])[2H])C[C@@H]21. The molecule has 2 aliphatic rings. The lowest BCUT2D eigenvalue weighted by atomic mass is 9.85. The van der Waals surface area contributed by atoms with Crippen LogP contribution in [0.4, 0.5) is 4.79 Å². The van der Waals surface area contributed by atoms with E-state index in [0.717, 1.165) is 0 Å². The highest BCUT2D eigenvalue weighted by Crippen LogP contribution is 2.65. The molecule has 0 aromatic carbocycles. The van der Waals surface area contributed by atoms with E-state index in [-0.39, 0.29) is 0 Å². The summed E-state index contributed by atoms with van der Waals surface area (Å²) in [5, 5.41) is 11.7. The minimum absolute atomic E-state index is 0.327. The molecule has 1 aliphatic heterocycles. The topological polar surface area (TPSA) is 95.9 Å². The van der Waals surface area contributed by atoms with Crippen LogP contribution in [0.1, 0.15) is 75.6 Å². The number of alkyl carbamates (subject to hydrolysis) is 1. The van der Waals surface area contributed by atoms with Crippen LogP contribution in [0.5, 0.6) is 0 Å². The smallest absolute Gasteiger partial charge is 0.408 e. The highest BCUT2D eigenvalue weighted by atomic mass is 16.6. The van der Waals surface area contributed by atoms with Crippen LogP contribution in [0.15, 0.2) is 0 Å². The van der Waals surface area contributed by atoms with Crippen molar-refractivity contribution in [2.24, 2.45) is 22.7 Å². The molecule has 1 saturated carbocycles. The van der Waals surface area contributed by atoms with Crippen LogP contribution in [0.25, 0.3) is 0 Å². The average Bonchev–Trinajstić information content (AvgIpc) is 3.16. The molecule has 1 heterocycles. The predicted molar refractivity (Wildman–Crippen MR) is 96.5 cm³/mol. The highest BCUT2D eigenvalue weighted by molar-refractivity contribution is 5.91. The van der Waals surface area contributed by atoms with Crippen LogP contribution >= 0.6 is 0 Å². The molecule has 7 nitrogen and oxygen atoms in total. The lowest BCUT2D eigenvalue weighted by Crippen LogP contribution is -2.58. The van der Waals surface area contributed by atoms with Gasteiger partial charge >= 0.3 is 12.1 Å². The monoisotopic (exact) mass is 383 g/mol. The molecule has 0 radical (unpaired) electrons. The Hall–Kier alpha value is -1.79. The van der Waals surface area contributed by atoms with Gasteiger partial charge in [-0.3, -0.25) is 4.79 Å². The molecule has 2 fully saturated rings. The van der Waals surface area contributed by atoms with E-state index in [2.05, 4.69) is 0 Å². The first-order chi connectivity index (χ1) is 17.8. The number of aliphatic carboxylic acids is 1. The number of likely N-dealkylation sites (tertiary alicyclic amines) is 1. The molecule has 2 amide bonds.